The molecule has 0 radical (unpaired) electrons. The molecule has 2 N–H and O–H groups in total. The molecule has 2 amide bonds. The molecule has 1 aromatic rings. The Morgan fingerprint density at radius 2 is 1.84 bits per heavy atom. The second-order valence-corrected chi connectivity index (χ2v) is 4.91. The van der Waals surface area contributed by atoms with Crippen LogP contribution >= 0.6 is 0 Å². The first-order valence-electron chi connectivity index (χ1n) is 7.25. The summed E-state index contributed by atoms with van der Waals surface area (Å²) in [5.74, 6) is 0. The summed E-state index contributed by atoms with van der Waals surface area (Å²) in [7, 11) is 2.01. The maximum absolute atomic E-state index is 11.4. The van der Waals surface area contributed by atoms with Crippen molar-refractivity contribution in [3.8, 4) is 0 Å². The average Bonchev–Trinajstić information content (AvgIpc) is 2.80. The zero-order chi connectivity index (χ0) is 13.9. The molecule has 0 aliphatic carbocycles. The maximum Gasteiger partial charge on any atom is 0.314 e. The third-order valence-corrected chi connectivity index (χ3v) is 3.02. The number of imidazole rings is 1. The van der Waals surface area contributed by atoms with E-state index in [2.05, 4.69) is 34.6 Å². The summed E-state index contributed by atoms with van der Waals surface area (Å²) >= 11 is 0. The SMILES string of the molecule is CCCCCNC(=O)NCCCCn1cc[n+](C)c1. The molecule has 1 rings (SSSR count). The van der Waals surface area contributed by atoms with Gasteiger partial charge in [0, 0.05) is 13.1 Å². The first-order chi connectivity index (χ1) is 9.22. The van der Waals surface area contributed by atoms with Crippen molar-refractivity contribution in [3.05, 3.63) is 18.7 Å². The first-order valence-corrected chi connectivity index (χ1v) is 7.25. The van der Waals surface area contributed by atoms with Crippen molar-refractivity contribution < 1.29 is 9.36 Å². The van der Waals surface area contributed by atoms with E-state index >= 15 is 0 Å². The van der Waals surface area contributed by atoms with Gasteiger partial charge in [-0.25, -0.2) is 13.9 Å². The number of carbonyl (C=O) groups excluding carboxylic acids is 1. The van der Waals surface area contributed by atoms with Crippen molar-refractivity contribution >= 4 is 6.03 Å². The quantitative estimate of drug-likeness (QED) is 0.518. The van der Waals surface area contributed by atoms with Crippen LogP contribution < -0.4 is 15.2 Å². The Balaban J connectivity index is 1.94. The molecule has 0 aromatic carbocycles. The molecule has 0 saturated carbocycles. The number of rotatable bonds is 9. The lowest BCUT2D eigenvalue weighted by atomic mass is 10.2. The van der Waals surface area contributed by atoms with Gasteiger partial charge in [0.05, 0.1) is 13.6 Å². The molecule has 0 spiro atoms. The van der Waals surface area contributed by atoms with Crippen LogP contribution in [0.25, 0.3) is 0 Å². The fourth-order valence-electron chi connectivity index (χ4n) is 1.89. The van der Waals surface area contributed by atoms with Gasteiger partial charge in [0.1, 0.15) is 12.4 Å². The molecule has 0 saturated heterocycles. The minimum Gasteiger partial charge on any atom is -0.338 e. The lowest BCUT2D eigenvalue weighted by Gasteiger charge is -2.06. The van der Waals surface area contributed by atoms with Gasteiger partial charge in [-0.05, 0) is 19.3 Å². The van der Waals surface area contributed by atoms with Crippen molar-refractivity contribution in [2.24, 2.45) is 7.05 Å². The molecule has 1 aromatic heterocycles. The van der Waals surface area contributed by atoms with Gasteiger partial charge in [-0.3, -0.25) is 0 Å². The third-order valence-electron chi connectivity index (χ3n) is 3.02. The lowest BCUT2D eigenvalue weighted by Crippen LogP contribution is -2.36. The van der Waals surface area contributed by atoms with Crippen LogP contribution in [-0.2, 0) is 13.6 Å². The van der Waals surface area contributed by atoms with Crippen LogP contribution in [0.2, 0.25) is 0 Å². The van der Waals surface area contributed by atoms with Crippen molar-refractivity contribution in [3.63, 3.8) is 0 Å². The standard InChI is InChI=1S/C14H26N4O/c1-3-4-5-8-15-14(19)16-9-6-7-10-18-12-11-17(2)13-18/h11-13H,3-10H2,1-2H3,(H-,15,16,19)/p+1. The highest BCUT2D eigenvalue weighted by Gasteiger charge is 2.01. The molecule has 1 heterocycles. The van der Waals surface area contributed by atoms with Crippen LogP contribution in [0, 0.1) is 0 Å². The number of unbranched alkanes of at least 4 members (excludes halogenated alkanes) is 3. The zero-order valence-electron chi connectivity index (χ0n) is 12.2. The summed E-state index contributed by atoms with van der Waals surface area (Å²) in [5.41, 5.74) is 0. The van der Waals surface area contributed by atoms with Crippen LogP contribution in [0.1, 0.15) is 39.0 Å². The van der Waals surface area contributed by atoms with Crippen LogP contribution in [0.5, 0.6) is 0 Å². The molecule has 0 aliphatic rings. The fourth-order valence-corrected chi connectivity index (χ4v) is 1.89. The summed E-state index contributed by atoms with van der Waals surface area (Å²) in [4.78, 5) is 11.4. The molecule has 5 nitrogen and oxygen atoms in total. The predicted octanol–water partition coefficient (Wildman–Crippen LogP) is 1.58. The van der Waals surface area contributed by atoms with Crippen LogP contribution in [0.3, 0.4) is 0 Å². The Morgan fingerprint density at radius 3 is 2.42 bits per heavy atom. The largest absolute Gasteiger partial charge is 0.338 e. The second kappa shape index (κ2) is 9.42. The van der Waals surface area contributed by atoms with Crippen molar-refractivity contribution in [2.45, 2.75) is 45.6 Å². The Bertz CT molecular complexity index is 362. The van der Waals surface area contributed by atoms with Gasteiger partial charge < -0.3 is 10.6 Å². The van der Waals surface area contributed by atoms with Gasteiger partial charge in [0.15, 0.2) is 0 Å². The molecular formula is C14H27N4O+. The highest BCUT2D eigenvalue weighted by molar-refractivity contribution is 5.73. The zero-order valence-corrected chi connectivity index (χ0v) is 12.2. The van der Waals surface area contributed by atoms with E-state index < -0.39 is 0 Å². The van der Waals surface area contributed by atoms with Gasteiger partial charge in [0.2, 0.25) is 6.33 Å². The van der Waals surface area contributed by atoms with Gasteiger partial charge >= 0.3 is 6.03 Å². The number of amides is 2. The minimum absolute atomic E-state index is 0.0385. The number of urea groups is 1. The number of aryl methyl sites for hydroxylation is 2. The minimum atomic E-state index is -0.0385. The number of hydrogen-bond donors (Lipinski definition) is 2. The average molecular weight is 267 g/mol. The molecule has 0 atom stereocenters. The monoisotopic (exact) mass is 267 g/mol. The molecule has 5 heteroatoms. The Labute approximate surface area is 116 Å². The summed E-state index contributed by atoms with van der Waals surface area (Å²) in [6, 6.07) is -0.0385. The number of nitrogens with one attached hydrogen (secondary N) is 2. The Hall–Kier alpha value is -1.52. The highest BCUT2D eigenvalue weighted by Crippen LogP contribution is 1.93. The first kappa shape index (κ1) is 15.5. The number of hydrogen-bond acceptors (Lipinski definition) is 1. The molecule has 0 bridgehead atoms. The van der Waals surface area contributed by atoms with Gasteiger partial charge in [-0.2, -0.15) is 0 Å². The molecule has 19 heavy (non-hydrogen) atoms. The Kier molecular flexibility index (Phi) is 7.70. The number of aromatic nitrogens is 2. The molecule has 0 fully saturated rings. The predicted molar refractivity (Wildman–Crippen MR) is 75.8 cm³/mol. The van der Waals surface area contributed by atoms with E-state index in [0.717, 1.165) is 38.9 Å². The maximum atomic E-state index is 11.4. The molecule has 108 valence electrons. The van der Waals surface area contributed by atoms with E-state index in [0.29, 0.717) is 0 Å². The highest BCUT2D eigenvalue weighted by atomic mass is 16.2. The topological polar surface area (TPSA) is 49.9 Å². The van der Waals surface area contributed by atoms with Gasteiger partial charge in [0.25, 0.3) is 0 Å². The summed E-state index contributed by atoms with van der Waals surface area (Å²) in [6.45, 7) is 4.68. The van der Waals surface area contributed by atoms with Gasteiger partial charge in [-0.1, -0.05) is 19.8 Å². The van der Waals surface area contributed by atoms with Gasteiger partial charge in [-0.15, -0.1) is 0 Å². The normalized spacial score (nSPS) is 10.4. The van der Waals surface area contributed by atoms with E-state index in [1.54, 1.807) is 0 Å². The Morgan fingerprint density at radius 1 is 1.16 bits per heavy atom. The summed E-state index contributed by atoms with van der Waals surface area (Å²) in [6.07, 6.45) is 11.7. The second-order valence-electron chi connectivity index (χ2n) is 4.91. The van der Waals surface area contributed by atoms with E-state index in [1.807, 2.05) is 17.8 Å². The van der Waals surface area contributed by atoms with E-state index in [9.17, 15) is 4.79 Å². The van der Waals surface area contributed by atoms with E-state index in [-0.39, 0.29) is 6.03 Å². The van der Waals surface area contributed by atoms with Crippen molar-refractivity contribution in [2.75, 3.05) is 13.1 Å². The fraction of sp³-hybridized carbons (Fsp3) is 0.714. The third kappa shape index (κ3) is 7.49. The number of nitrogens with zero attached hydrogens (tertiary/aromatic N) is 2. The van der Waals surface area contributed by atoms with Crippen LogP contribution in [0.15, 0.2) is 18.7 Å². The van der Waals surface area contributed by atoms with Crippen LogP contribution in [0.4, 0.5) is 4.79 Å². The summed E-state index contributed by atoms with van der Waals surface area (Å²) < 4.78 is 4.19. The number of carbonyl (C=O) groups is 1. The smallest absolute Gasteiger partial charge is 0.314 e. The van der Waals surface area contributed by atoms with E-state index in [4.69, 9.17) is 0 Å². The van der Waals surface area contributed by atoms with Crippen molar-refractivity contribution in [1.82, 2.24) is 15.2 Å². The molecular weight excluding hydrogens is 240 g/mol. The lowest BCUT2D eigenvalue weighted by molar-refractivity contribution is -0.671. The molecule has 0 unspecified atom stereocenters. The molecule has 0 aliphatic heterocycles. The summed E-state index contributed by atoms with van der Waals surface area (Å²) in [5, 5.41) is 5.76. The van der Waals surface area contributed by atoms with Crippen molar-refractivity contribution in [1.29, 1.82) is 0 Å². The van der Waals surface area contributed by atoms with E-state index in [1.165, 1.54) is 12.8 Å². The van der Waals surface area contributed by atoms with Crippen LogP contribution in [-0.4, -0.2) is 23.7 Å².